The fourth-order valence-electron chi connectivity index (χ4n) is 3.21. The van der Waals surface area contributed by atoms with Gasteiger partial charge in [-0.3, -0.25) is 0 Å². The van der Waals surface area contributed by atoms with Gasteiger partial charge in [0.2, 0.25) is 0 Å². The molecule has 2 heterocycles. The summed E-state index contributed by atoms with van der Waals surface area (Å²) in [5, 5.41) is 62.0. The van der Waals surface area contributed by atoms with Gasteiger partial charge in [0.25, 0.3) is 0 Å². The first-order valence-electron chi connectivity index (χ1n) is 7.63. The van der Waals surface area contributed by atoms with E-state index in [2.05, 4.69) is 22.8 Å². The lowest BCUT2D eigenvalue weighted by atomic mass is 10.0. The third kappa shape index (κ3) is 2.08. The van der Waals surface area contributed by atoms with Crippen molar-refractivity contribution in [2.75, 3.05) is 34.5 Å². The highest BCUT2D eigenvalue weighted by molar-refractivity contribution is 6.04. The number of hydrogen-bond acceptors (Lipinski definition) is 10. The molecule has 0 bridgehead atoms. The van der Waals surface area contributed by atoms with Gasteiger partial charge in [0.1, 0.15) is 59.2 Å². The van der Waals surface area contributed by atoms with E-state index in [1.165, 1.54) is 9.80 Å². The maximum Gasteiger partial charge on any atom is 0.170 e. The fraction of sp³-hybridized carbons (Fsp3) is 0.111. The number of fused-ring (bicyclic) bond motifs is 2. The molecular formula is C18H8N10. The van der Waals surface area contributed by atoms with Crippen LogP contribution < -0.4 is 20.4 Å². The Morgan fingerprint density at radius 3 is 1.21 bits per heavy atom. The van der Waals surface area contributed by atoms with Crippen LogP contribution in [0.25, 0.3) is 0 Å². The van der Waals surface area contributed by atoms with Gasteiger partial charge in [0, 0.05) is 14.1 Å². The third-order valence-corrected chi connectivity index (χ3v) is 4.42. The molecule has 0 unspecified atom stereocenters. The van der Waals surface area contributed by atoms with Gasteiger partial charge in [0.15, 0.2) is 11.1 Å². The second-order valence-corrected chi connectivity index (χ2v) is 5.68. The summed E-state index contributed by atoms with van der Waals surface area (Å²) < 4.78 is 0. The maximum absolute atomic E-state index is 9.77. The number of hydrogen-bond donors (Lipinski definition) is 2. The molecule has 0 saturated carbocycles. The molecule has 0 amide bonds. The van der Waals surface area contributed by atoms with E-state index in [-0.39, 0.29) is 45.3 Å². The average Bonchev–Trinajstić information content (AvgIpc) is 3.21. The van der Waals surface area contributed by atoms with Gasteiger partial charge in [-0.1, -0.05) is 0 Å². The number of benzene rings is 1. The van der Waals surface area contributed by atoms with Crippen molar-refractivity contribution in [3.63, 3.8) is 0 Å². The van der Waals surface area contributed by atoms with Crippen molar-refractivity contribution in [2.45, 2.75) is 0 Å². The largest absolute Gasteiger partial charge is 0.337 e. The van der Waals surface area contributed by atoms with Crippen molar-refractivity contribution < 1.29 is 0 Å². The molecule has 0 radical (unpaired) electrons. The Balaban J connectivity index is 2.41. The zero-order valence-electron chi connectivity index (χ0n) is 14.6. The molecular weight excluding hydrogens is 356 g/mol. The summed E-state index contributed by atoms with van der Waals surface area (Å²) >= 11 is 0. The highest BCUT2D eigenvalue weighted by atomic mass is 15.3. The van der Waals surface area contributed by atoms with Crippen LogP contribution in [0.5, 0.6) is 0 Å². The predicted octanol–water partition coefficient (Wildman–Crippen LogP) is 1.67. The highest BCUT2D eigenvalue weighted by Gasteiger charge is 2.39. The van der Waals surface area contributed by atoms with Crippen LogP contribution in [-0.2, 0) is 0 Å². The van der Waals surface area contributed by atoms with E-state index in [0.29, 0.717) is 11.4 Å². The van der Waals surface area contributed by atoms with Crippen LogP contribution in [0.2, 0.25) is 0 Å². The van der Waals surface area contributed by atoms with Crippen LogP contribution in [0.15, 0.2) is 22.8 Å². The van der Waals surface area contributed by atoms with E-state index >= 15 is 0 Å². The lowest BCUT2D eigenvalue weighted by molar-refractivity contribution is 1.13. The summed E-state index contributed by atoms with van der Waals surface area (Å²) in [4.78, 5) is 2.91. The summed E-state index contributed by atoms with van der Waals surface area (Å²) in [6, 6.07) is 11.2. The molecule has 1 aromatic carbocycles. The predicted molar refractivity (Wildman–Crippen MR) is 96.4 cm³/mol. The zero-order chi connectivity index (χ0) is 20.6. The maximum atomic E-state index is 9.77. The van der Waals surface area contributed by atoms with Crippen molar-refractivity contribution in [3.8, 4) is 36.4 Å². The first-order valence-corrected chi connectivity index (χ1v) is 7.63. The fourth-order valence-corrected chi connectivity index (χ4v) is 3.21. The van der Waals surface area contributed by atoms with Crippen LogP contribution in [-0.4, -0.2) is 14.1 Å². The third-order valence-electron chi connectivity index (χ3n) is 4.42. The van der Waals surface area contributed by atoms with Gasteiger partial charge in [-0.15, -0.1) is 0 Å². The van der Waals surface area contributed by atoms with Crippen molar-refractivity contribution in [1.82, 2.24) is 0 Å². The number of allylic oxidation sites excluding steroid dienone is 2. The van der Waals surface area contributed by atoms with E-state index in [4.69, 9.17) is 0 Å². The Hall–Kier alpha value is -5.16. The number of rotatable bonds is 0. The molecule has 0 aliphatic carbocycles. The number of nitrogens with one attached hydrogen (secondary N) is 2. The summed E-state index contributed by atoms with van der Waals surface area (Å²) in [5.41, 5.74) is 1.03. The van der Waals surface area contributed by atoms with Gasteiger partial charge >= 0.3 is 0 Å². The van der Waals surface area contributed by atoms with Gasteiger partial charge in [-0.25, -0.2) is 0 Å². The molecule has 0 aromatic heterocycles. The second-order valence-electron chi connectivity index (χ2n) is 5.68. The molecule has 0 spiro atoms. The summed E-state index contributed by atoms with van der Waals surface area (Å²) in [6.07, 6.45) is 0. The first-order chi connectivity index (χ1) is 13.5. The lowest BCUT2D eigenvalue weighted by Gasteiger charge is -2.17. The second kappa shape index (κ2) is 6.29. The minimum atomic E-state index is -0.204. The molecule has 10 heteroatoms. The van der Waals surface area contributed by atoms with Crippen LogP contribution in [0.1, 0.15) is 11.1 Å². The molecule has 2 N–H and O–H groups in total. The zero-order valence-corrected chi connectivity index (χ0v) is 14.6. The number of nitrogens with zero attached hydrogens (tertiary/aromatic N) is 8. The molecule has 0 saturated heterocycles. The van der Waals surface area contributed by atoms with Gasteiger partial charge < -0.3 is 20.4 Å². The minimum Gasteiger partial charge on any atom is -0.337 e. The molecule has 10 nitrogen and oxygen atoms in total. The van der Waals surface area contributed by atoms with Crippen molar-refractivity contribution in [3.05, 3.63) is 33.9 Å². The van der Waals surface area contributed by atoms with Gasteiger partial charge in [-0.2, -0.15) is 31.6 Å². The lowest BCUT2D eigenvalue weighted by Crippen LogP contribution is -2.18. The van der Waals surface area contributed by atoms with E-state index in [1.807, 2.05) is 0 Å². The van der Waals surface area contributed by atoms with Crippen molar-refractivity contribution >= 4 is 22.7 Å². The SMILES string of the molecule is CN1C(=C(C#N)C#N)Nc2c(C#N)c3c(c(C#N)c21)NC(=C(C#N)C#N)N3C. The van der Waals surface area contributed by atoms with E-state index in [0.717, 1.165) is 0 Å². The van der Waals surface area contributed by atoms with E-state index in [9.17, 15) is 31.6 Å². The van der Waals surface area contributed by atoms with Gasteiger partial charge in [0.05, 0.1) is 22.7 Å². The number of anilines is 4. The molecule has 28 heavy (non-hydrogen) atoms. The standard InChI is InChI=1S/C18H8N10/c1-27-15-11(7-23)14-16(28(2)18(26-14)10(5-21)6-22)12(8-24)13(15)25-17(27)9(3-19)4-20/h25-26H,1-2H3. The Kier molecular flexibility index (Phi) is 3.96. The summed E-state index contributed by atoms with van der Waals surface area (Å²) in [6.45, 7) is 0. The average molecular weight is 364 g/mol. The van der Waals surface area contributed by atoms with E-state index in [1.54, 1.807) is 38.4 Å². The quantitative estimate of drug-likeness (QED) is 0.644. The summed E-state index contributed by atoms with van der Waals surface area (Å²) in [7, 11) is 3.12. The van der Waals surface area contributed by atoms with Crippen molar-refractivity contribution in [2.24, 2.45) is 0 Å². The first kappa shape index (κ1) is 17.7. The molecule has 0 atom stereocenters. The molecule has 2 aliphatic rings. The van der Waals surface area contributed by atoms with Crippen LogP contribution in [0.3, 0.4) is 0 Å². The smallest absolute Gasteiger partial charge is 0.170 e. The van der Waals surface area contributed by atoms with Crippen molar-refractivity contribution in [1.29, 1.82) is 31.6 Å². The normalized spacial score (nSPS) is 12.7. The molecule has 1 aromatic rings. The Morgan fingerprint density at radius 1 is 0.643 bits per heavy atom. The van der Waals surface area contributed by atoms with Gasteiger partial charge in [-0.05, 0) is 0 Å². The number of nitriles is 6. The Labute approximate surface area is 159 Å². The van der Waals surface area contributed by atoms with E-state index < -0.39 is 0 Å². The monoisotopic (exact) mass is 364 g/mol. The Bertz CT molecular complexity index is 1120. The van der Waals surface area contributed by atoms with Crippen LogP contribution in [0.4, 0.5) is 22.7 Å². The Morgan fingerprint density at radius 2 is 0.964 bits per heavy atom. The molecule has 130 valence electrons. The molecule has 0 fully saturated rings. The topological polar surface area (TPSA) is 173 Å². The van der Waals surface area contributed by atoms with Crippen LogP contribution >= 0.6 is 0 Å². The molecule has 3 rings (SSSR count). The summed E-state index contributed by atoms with van der Waals surface area (Å²) in [5.74, 6) is 0.315. The highest BCUT2D eigenvalue weighted by Crippen LogP contribution is 2.53. The van der Waals surface area contributed by atoms with Crippen LogP contribution in [0, 0.1) is 68.0 Å². The molecule has 2 aliphatic heterocycles. The minimum absolute atomic E-state index is 0.140.